The van der Waals surface area contributed by atoms with E-state index in [4.69, 9.17) is 4.74 Å². The normalized spacial score (nSPS) is 23.3. The third-order valence-electron chi connectivity index (χ3n) is 6.58. The zero-order valence-corrected chi connectivity index (χ0v) is 22.0. The number of thiazole rings is 1. The second kappa shape index (κ2) is 10.5. The van der Waals surface area contributed by atoms with Gasteiger partial charge in [0.1, 0.15) is 17.3 Å². The molecule has 2 aliphatic rings. The third-order valence-corrected chi connectivity index (χ3v) is 7.60. The van der Waals surface area contributed by atoms with Gasteiger partial charge in [-0.2, -0.15) is 13.2 Å². The Morgan fingerprint density at radius 1 is 1.26 bits per heavy atom. The molecular weight excluding hydrogens is 529 g/mol. The summed E-state index contributed by atoms with van der Waals surface area (Å²) >= 11 is 1.29. The molecule has 0 saturated carbocycles. The fourth-order valence-electron chi connectivity index (χ4n) is 4.70. The molecule has 0 spiro atoms. The quantitative estimate of drug-likeness (QED) is 0.510. The molecule has 38 heavy (non-hydrogen) atoms. The number of rotatable bonds is 6. The molecule has 3 heterocycles. The van der Waals surface area contributed by atoms with Crippen LogP contribution in [-0.2, 0) is 0 Å². The Hall–Kier alpha value is -3.22. The van der Waals surface area contributed by atoms with Crippen molar-refractivity contribution in [3.05, 3.63) is 47.0 Å². The number of nitrogens with zero attached hydrogens (tertiary/aromatic N) is 4. The van der Waals surface area contributed by atoms with Gasteiger partial charge < -0.3 is 19.9 Å². The number of alkyl halides is 5. The summed E-state index contributed by atoms with van der Waals surface area (Å²) in [6.07, 6.45) is -2.93. The Kier molecular flexibility index (Phi) is 7.69. The number of aromatic nitrogens is 1. The number of carbonyl (C=O) groups excluding carboxylic acids is 1. The summed E-state index contributed by atoms with van der Waals surface area (Å²) in [4.78, 5) is 24.6. The number of piperidine rings is 1. The number of methoxy groups -OCH3 is 1. The van der Waals surface area contributed by atoms with Crippen LogP contribution >= 0.6 is 11.3 Å². The smallest absolute Gasteiger partial charge is 0.413 e. The van der Waals surface area contributed by atoms with E-state index in [0.717, 1.165) is 16.0 Å². The van der Waals surface area contributed by atoms with Crippen molar-refractivity contribution in [1.82, 2.24) is 20.1 Å². The highest BCUT2D eigenvalue weighted by atomic mass is 32.1. The van der Waals surface area contributed by atoms with Gasteiger partial charge in [-0.05, 0) is 42.7 Å². The predicted molar refractivity (Wildman–Crippen MR) is 135 cm³/mol. The molecule has 1 amide bonds. The maximum absolute atomic E-state index is 14.7. The molecule has 1 fully saturated rings. The molecule has 1 saturated heterocycles. The third kappa shape index (κ3) is 5.92. The topological polar surface area (TPSA) is 70.1 Å². The molecule has 4 rings (SSSR count). The Morgan fingerprint density at radius 3 is 2.55 bits per heavy atom. The van der Waals surface area contributed by atoms with Gasteiger partial charge in [0.15, 0.2) is 6.04 Å². The zero-order chi connectivity index (χ0) is 27.8. The highest BCUT2D eigenvalue weighted by Crippen LogP contribution is 2.38. The van der Waals surface area contributed by atoms with E-state index < -0.39 is 49.0 Å². The van der Waals surface area contributed by atoms with Crippen LogP contribution in [0.15, 0.2) is 41.3 Å². The number of aryl methyl sites for hydroxylation is 1. The van der Waals surface area contributed by atoms with Crippen molar-refractivity contribution in [3.8, 4) is 16.2 Å². The summed E-state index contributed by atoms with van der Waals surface area (Å²) in [6, 6.07) is 4.49. The van der Waals surface area contributed by atoms with Crippen LogP contribution in [-0.4, -0.2) is 78.3 Å². The minimum atomic E-state index is -4.49. The van der Waals surface area contributed by atoms with Crippen molar-refractivity contribution in [2.24, 2.45) is 10.9 Å². The number of halogens is 5. The lowest BCUT2D eigenvalue weighted by atomic mass is 9.88. The number of hydrogen-bond acceptors (Lipinski definition) is 7. The molecule has 0 aliphatic carbocycles. The molecule has 1 N–H and O–H groups in total. The van der Waals surface area contributed by atoms with Crippen LogP contribution in [0.2, 0.25) is 0 Å². The fraction of sp³-hybridized carbons (Fsp3) is 0.480. The van der Waals surface area contributed by atoms with E-state index in [1.54, 1.807) is 38.1 Å². The molecule has 0 radical (unpaired) electrons. The number of amides is 1. The molecule has 206 valence electrons. The largest absolute Gasteiger partial charge is 0.497 e. The number of aliphatic imine (C=N–C) groups is 1. The van der Waals surface area contributed by atoms with Gasteiger partial charge in [-0.1, -0.05) is 6.92 Å². The van der Waals surface area contributed by atoms with Crippen molar-refractivity contribution in [3.63, 3.8) is 0 Å². The Morgan fingerprint density at radius 2 is 1.95 bits per heavy atom. The van der Waals surface area contributed by atoms with E-state index in [-0.39, 0.29) is 18.1 Å². The molecule has 2 aromatic rings. The zero-order valence-electron chi connectivity index (χ0n) is 21.2. The van der Waals surface area contributed by atoms with Crippen LogP contribution in [0.4, 0.5) is 22.0 Å². The van der Waals surface area contributed by atoms with Gasteiger partial charge in [0.25, 0.3) is 11.8 Å². The summed E-state index contributed by atoms with van der Waals surface area (Å²) < 4.78 is 73.9. The number of benzene rings is 1. The van der Waals surface area contributed by atoms with Crippen LogP contribution in [0.1, 0.15) is 28.8 Å². The summed E-state index contributed by atoms with van der Waals surface area (Å²) in [6.45, 7) is 2.59. The summed E-state index contributed by atoms with van der Waals surface area (Å²) in [7, 11) is 2.81. The first-order valence-electron chi connectivity index (χ1n) is 11.9. The molecule has 0 bridgehead atoms. The molecule has 3 atom stereocenters. The van der Waals surface area contributed by atoms with Crippen molar-refractivity contribution < 1.29 is 31.5 Å². The molecular formula is C25H28F5N5O2S. The van der Waals surface area contributed by atoms with E-state index in [9.17, 15) is 26.7 Å². The van der Waals surface area contributed by atoms with Crippen LogP contribution in [0.5, 0.6) is 5.75 Å². The predicted octanol–water partition coefficient (Wildman–Crippen LogP) is 4.95. The number of ether oxygens (including phenoxy) is 1. The Bertz CT molecular complexity index is 1230. The van der Waals surface area contributed by atoms with E-state index in [0.29, 0.717) is 21.2 Å². The van der Waals surface area contributed by atoms with Crippen molar-refractivity contribution in [1.29, 1.82) is 0 Å². The van der Waals surface area contributed by atoms with E-state index >= 15 is 0 Å². The van der Waals surface area contributed by atoms with Crippen LogP contribution in [0.3, 0.4) is 0 Å². The lowest BCUT2D eigenvalue weighted by molar-refractivity contribution is -0.154. The lowest BCUT2D eigenvalue weighted by Crippen LogP contribution is -2.58. The molecule has 13 heteroatoms. The van der Waals surface area contributed by atoms with Gasteiger partial charge in [0.05, 0.1) is 29.6 Å². The van der Waals surface area contributed by atoms with E-state index in [1.165, 1.54) is 31.7 Å². The minimum Gasteiger partial charge on any atom is -0.497 e. The van der Waals surface area contributed by atoms with Crippen molar-refractivity contribution >= 4 is 23.5 Å². The molecule has 1 aromatic carbocycles. The Labute approximate surface area is 221 Å². The van der Waals surface area contributed by atoms with Crippen molar-refractivity contribution in [2.45, 2.75) is 44.5 Å². The van der Waals surface area contributed by atoms with Crippen LogP contribution < -0.4 is 10.1 Å². The first-order valence-corrected chi connectivity index (χ1v) is 12.7. The second-order valence-corrected chi connectivity index (χ2v) is 10.7. The Balaban J connectivity index is 1.58. The average Bonchev–Trinajstić information content (AvgIpc) is 3.23. The van der Waals surface area contributed by atoms with Crippen molar-refractivity contribution in [2.75, 3.05) is 27.2 Å². The lowest BCUT2D eigenvalue weighted by Gasteiger charge is -2.43. The standard InChI is InChI=1S/C25H28F5N5O2S/c1-14-9-24(26,27)13-35(18(14)10-31-20-12-34(3)19(11-32-20)25(28,29)30)23(36)21-22(38-15(2)33-21)16-5-7-17(37-4)8-6-16/h5-8,11-12,14,18-19,31H,9-10,13H2,1-4H3/t14-,18-,19?/m1/s1. The van der Waals surface area contributed by atoms with Gasteiger partial charge in [-0.15, -0.1) is 11.3 Å². The average molecular weight is 558 g/mol. The van der Waals surface area contributed by atoms with E-state index in [1.807, 2.05) is 0 Å². The molecule has 1 aromatic heterocycles. The maximum atomic E-state index is 14.7. The molecule has 7 nitrogen and oxygen atoms in total. The first-order chi connectivity index (χ1) is 17.8. The van der Waals surface area contributed by atoms with Crippen LogP contribution in [0, 0.1) is 12.8 Å². The maximum Gasteiger partial charge on any atom is 0.413 e. The number of nitrogens with one attached hydrogen (secondary N) is 1. The number of carbonyl (C=O) groups is 1. The summed E-state index contributed by atoms with van der Waals surface area (Å²) in [5, 5.41) is 3.54. The van der Waals surface area contributed by atoms with Gasteiger partial charge in [0.2, 0.25) is 0 Å². The SMILES string of the molecule is COc1ccc(-c2sc(C)nc2C(=O)N2CC(F)(F)C[C@@H](C)[C@H]2CNC2=CN(C)C(C(F)(F)F)C=N2)cc1. The van der Waals surface area contributed by atoms with Gasteiger partial charge >= 0.3 is 6.18 Å². The highest BCUT2D eigenvalue weighted by molar-refractivity contribution is 7.15. The van der Waals surface area contributed by atoms with Gasteiger partial charge in [0, 0.05) is 32.4 Å². The van der Waals surface area contributed by atoms with Gasteiger partial charge in [-0.25, -0.2) is 18.8 Å². The molecule has 2 aliphatic heterocycles. The highest BCUT2D eigenvalue weighted by Gasteiger charge is 2.47. The summed E-state index contributed by atoms with van der Waals surface area (Å²) in [5.74, 6) is -3.56. The summed E-state index contributed by atoms with van der Waals surface area (Å²) in [5.41, 5.74) is 0.783. The number of likely N-dealkylation sites (tertiary alicyclic amines) is 1. The van der Waals surface area contributed by atoms with Crippen LogP contribution in [0.25, 0.3) is 10.4 Å². The molecule has 1 unspecified atom stereocenters. The second-order valence-electron chi connectivity index (χ2n) is 9.50. The first kappa shape index (κ1) is 27.8. The number of hydrogen-bond donors (Lipinski definition) is 1. The fourth-order valence-corrected chi connectivity index (χ4v) is 5.62. The van der Waals surface area contributed by atoms with E-state index in [2.05, 4.69) is 15.3 Å². The minimum absolute atomic E-state index is 0.0255. The van der Waals surface area contributed by atoms with Gasteiger partial charge in [-0.3, -0.25) is 4.79 Å². The monoisotopic (exact) mass is 557 g/mol.